The molecule has 0 heterocycles. The lowest BCUT2D eigenvalue weighted by atomic mass is 9.82. The third-order valence-electron chi connectivity index (χ3n) is 4.00. The molecule has 0 aromatic heterocycles. The molecular formula is C19H24O3. The smallest absolute Gasteiger partial charge is 0.169 e. The number of hydrogen-bond donors (Lipinski definition) is 1. The minimum Gasteiger partial charge on any atom is -0.507 e. The SMILES string of the molecule is CCCCC1(OCC)C=CC(=C(O)c2ccccc2)C(=O)C1. The van der Waals surface area contributed by atoms with Crippen LogP contribution < -0.4 is 0 Å². The van der Waals surface area contributed by atoms with Gasteiger partial charge in [-0.15, -0.1) is 0 Å². The second-order valence-electron chi connectivity index (χ2n) is 5.66. The number of Topliss-reactive ketones (excluding diaryl/α,β-unsaturated/α-hetero) is 1. The van der Waals surface area contributed by atoms with Gasteiger partial charge in [0.1, 0.15) is 5.76 Å². The van der Waals surface area contributed by atoms with Crippen LogP contribution in [0.5, 0.6) is 0 Å². The van der Waals surface area contributed by atoms with Gasteiger partial charge < -0.3 is 9.84 Å². The number of unbranched alkanes of at least 4 members (excludes halogenated alkanes) is 1. The molecule has 22 heavy (non-hydrogen) atoms. The van der Waals surface area contributed by atoms with E-state index in [0.717, 1.165) is 19.3 Å². The van der Waals surface area contributed by atoms with Crippen molar-refractivity contribution in [2.75, 3.05) is 6.61 Å². The quantitative estimate of drug-likeness (QED) is 0.623. The van der Waals surface area contributed by atoms with E-state index < -0.39 is 5.60 Å². The molecule has 0 spiro atoms. The summed E-state index contributed by atoms with van der Waals surface area (Å²) in [6.45, 7) is 4.64. The van der Waals surface area contributed by atoms with Crippen LogP contribution in [-0.2, 0) is 9.53 Å². The lowest BCUT2D eigenvalue weighted by molar-refractivity contribution is -0.121. The number of carbonyl (C=O) groups excluding carboxylic acids is 1. The number of benzene rings is 1. The fraction of sp³-hybridized carbons (Fsp3) is 0.421. The first-order valence-corrected chi connectivity index (χ1v) is 7.97. The summed E-state index contributed by atoms with van der Waals surface area (Å²) in [5.74, 6) is -0.0177. The Morgan fingerprint density at radius 3 is 2.59 bits per heavy atom. The molecule has 1 aromatic rings. The van der Waals surface area contributed by atoms with Gasteiger partial charge in [-0.2, -0.15) is 0 Å². The molecule has 1 atom stereocenters. The minimum absolute atomic E-state index is 0.0439. The van der Waals surface area contributed by atoms with Gasteiger partial charge in [0.05, 0.1) is 11.2 Å². The van der Waals surface area contributed by atoms with Crippen molar-refractivity contribution < 1.29 is 14.6 Å². The lowest BCUT2D eigenvalue weighted by Gasteiger charge is -2.33. The van der Waals surface area contributed by atoms with E-state index in [1.807, 2.05) is 31.2 Å². The van der Waals surface area contributed by atoms with Crippen LogP contribution in [0.4, 0.5) is 0 Å². The minimum atomic E-state index is -0.512. The Morgan fingerprint density at radius 1 is 1.27 bits per heavy atom. The molecule has 2 rings (SSSR count). The first-order valence-electron chi connectivity index (χ1n) is 7.97. The van der Waals surface area contributed by atoms with E-state index >= 15 is 0 Å². The fourth-order valence-corrected chi connectivity index (χ4v) is 2.82. The zero-order chi connectivity index (χ0) is 16.0. The van der Waals surface area contributed by atoms with E-state index in [2.05, 4.69) is 6.92 Å². The summed E-state index contributed by atoms with van der Waals surface area (Å²) in [5.41, 5.74) is 0.522. The van der Waals surface area contributed by atoms with Crippen molar-refractivity contribution in [3.8, 4) is 0 Å². The second-order valence-corrected chi connectivity index (χ2v) is 5.66. The Hall–Kier alpha value is -1.87. The van der Waals surface area contributed by atoms with Crippen LogP contribution in [0, 0.1) is 0 Å². The van der Waals surface area contributed by atoms with E-state index in [9.17, 15) is 9.90 Å². The molecule has 1 aromatic carbocycles. The molecular weight excluding hydrogens is 276 g/mol. The molecule has 0 aliphatic heterocycles. The molecule has 0 amide bonds. The highest BCUT2D eigenvalue weighted by atomic mass is 16.5. The molecule has 0 saturated heterocycles. The summed E-state index contributed by atoms with van der Waals surface area (Å²) in [4.78, 5) is 12.5. The molecule has 1 aliphatic rings. The monoisotopic (exact) mass is 300 g/mol. The predicted molar refractivity (Wildman–Crippen MR) is 88.6 cm³/mol. The van der Waals surface area contributed by atoms with Gasteiger partial charge in [-0.3, -0.25) is 4.79 Å². The summed E-state index contributed by atoms with van der Waals surface area (Å²) >= 11 is 0. The first-order chi connectivity index (χ1) is 10.6. The average Bonchev–Trinajstić information content (AvgIpc) is 2.54. The third-order valence-corrected chi connectivity index (χ3v) is 4.00. The highest BCUT2D eigenvalue weighted by Crippen LogP contribution is 2.33. The Morgan fingerprint density at radius 2 is 2.00 bits per heavy atom. The molecule has 0 radical (unpaired) electrons. The number of aliphatic hydroxyl groups is 1. The highest BCUT2D eigenvalue weighted by Gasteiger charge is 2.35. The molecule has 3 heteroatoms. The second kappa shape index (κ2) is 7.41. The number of allylic oxidation sites excluding steroid dienone is 2. The van der Waals surface area contributed by atoms with Gasteiger partial charge in [0.25, 0.3) is 0 Å². The number of hydrogen-bond acceptors (Lipinski definition) is 3. The number of rotatable bonds is 6. The summed E-state index contributed by atoms with van der Waals surface area (Å²) in [6.07, 6.45) is 6.88. The van der Waals surface area contributed by atoms with Gasteiger partial charge >= 0.3 is 0 Å². The Balaban J connectivity index is 2.31. The van der Waals surface area contributed by atoms with E-state index in [-0.39, 0.29) is 11.5 Å². The number of carbonyl (C=O) groups is 1. The van der Waals surface area contributed by atoms with Crippen molar-refractivity contribution in [1.82, 2.24) is 0 Å². The zero-order valence-electron chi connectivity index (χ0n) is 13.3. The Labute approximate surface area is 132 Å². The summed E-state index contributed by atoms with van der Waals surface area (Å²) in [6, 6.07) is 9.16. The molecule has 3 nitrogen and oxygen atoms in total. The molecule has 118 valence electrons. The van der Waals surface area contributed by atoms with Crippen LogP contribution in [0.1, 0.15) is 45.1 Å². The zero-order valence-corrected chi connectivity index (χ0v) is 13.3. The standard InChI is InChI=1S/C19H24O3/c1-3-5-12-19(22-4-2)13-11-16(17(20)14-19)18(21)15-9-7-6-8-10-15/h6-11,13,21H,3-5,12,14H2,1-2H3. The van der Waals surface area contributed by atoms with Gasteiger partial charge in [-0.05, 0) is 19.4 Å². The highest BCUT2D eigenvalue weighted by molar-refractivity contribution is 6.05. The number of ether oxygens (including phenoxy) is 1. The topological polar surface area (TPSA) is 46.5 Å². The van der Waals surface area contributed by atoms with Crippen molar-refractivity contribution in [2.45, 2.75) is 45.1 Å². The van der Waals surface area contributed by atoms with Crippen molar-refractivity contribution in [2.24, 2.45) is 0 Å². The largest absolute Gasteiger partial charge is 0.507 e. The Kier molecular flexibility index (Phi) is 5.56. The van der Waals surface area contributed by atoms with Crippen LogP contribution >= 0.6 is 0 Å². The van der Waals surface area contributed by atoms with E-state index in [1.165, 1.54) is 0 Å². The third kappa shape index (κ3) is 3.66. The van der Waals surface area contributed by atoms with E-state index in [1.54, 1.807) is 18.2 Å². The van der Waals surface area contributed by atoms with Crippen LogP contribution in [0.15, 0.2) is 48.1 Å². The maximum atomic E-state index is 12.5. The normalized spacial score (nSPS) is 23.6. The van der Waals surface area contributed by atoms with Gasteiger partial charge in [0, 0.05) is 18.6 Å². The molecule has 1 N–H and O–H groups in total. The van der Waals surface area contributed by atoms with Crippen LogP contribution in [0.2, 0.25) is 0 Å². The molecule has 0 saturated carbocycles. The van der Waals surface area contributed by atoms with Crippen molar-refractivity contribution in [3.63, 3.8) is 0 Å². The van der Waals surface area contributed by atoms with Gasteiger partial charge in [-0.1, -0.05) is 56.2 Å². The van der Waals surface area contributed by atoms with Gasteiger partial charge in [-0.25, -0.2) is 0 Å². The van der Waals surface area contributed by atoms with E-state index in [4.69, 9.17) is 4.74 Å². The van der Waals surface area contributed by atoms with Crippen molar-refractivity contribution >= 4 is 11.5 Å². The van der Waals surface area contributed by atoms with Gasteiger partial charge in [0.15, 0.2) is 5.78 Å². The first kappa shape index (κ1) is 16.5. The summed E-state index contributed by atoms with van der Waals surface area (Å²) in [7, 11) is 0. The summed E-state index contributed by atoms with van der Waals surface area (Å²) < 4.78 is 5.86. The van der Waals surface area contributed by atoms with Crippen LogP contribution in [0.25, 0.3) is 5.76 Å². The van der Waals surface area contributed by atoms with Crippen LogP contribution in [0.3, 0.4) is 0 Å². The van der Waals surface area contributed by atoms with Crippen LogP contribution in [-0.4, -0.2) is 23.1 Å². The maximum absolute atomic E-state index is 12.5. The lowest BCUT2D eigenvalue weighted by Crippen LogP contribution is -2.36. The maximum Gasteiger partial charge on any atom is 0.169 e. The van der Waals surface area contributed by atoms with Crippen molar-refractivity contribution in [1.29, 1.82) is 0 Å². The Bertz CT molecular complexity index is 572. The van der Waals surface area contributed by atoms with E-state index in [0.29, 0.717) is 24.2 Å². The predicted octanol–water partition coefficient (Wildman–Crippen LogP) is 4.45. The molecule has 0 fully saturated rings. The molecule has 0 bridgehead atoms. The van der Waals surface area contributed by atoms with Gasteiger partial charge in [0.2, 0.25) is 0 Å². The summed E-state index contributed by atoms with van der Waals surface area (Å²) in [5, 5.41) is 10.4. The van der Waals surface area contributed by atoms with Crippen molar-refractivity contribution in [3.05, 3.63) is 53.6 Å². The average molecular weight is 300 g/mol. The number of aliphatic hydroxyl groups excluding tert-OH is 1. The fourth-order valence-electron chi connectivity index (χ4n) is 2.82. The molecule has 1 unspecified atom stereocenters. The number of ketones is 1. The molecule has 1 aliphatic carbocycles.